The lowest BCUT2D eigenvalue weighted by molar-refractivity contribution is -0.138. The lowest BCUT2D eigenvalue weighted by atomic mass is 10.0. The fourth-order valence-electron chi connectivity index (χ4n) is 4.22. The highest BCUT2D eigenvalue weighted by Gasteiger charge is 2.37. The van der Waals surface area contributed by atoms with Crippen molar-refractivity contribution in [3.63, 3.8) is 0 Å². The van der Waals surface area contributed by atoms with Gasteiger partial charge < -0.3 is 34.7 Å². The Kier molecular flexibility index (Phi) is 7.17. The molecule has 3 heterocycles. The SMILES string of the molecule is Cn1ccc2ncnc(Oc3ccc(NC(=O)Nc4ccc(C(=O)N5CCOCC5)c(C(F)(F)F)c4)c(O)c3)c21. The molecule has 2 aromatic carbocycles. The van der Waals surface area contributed by atoms with Gasteiger partial charge in [-0.05, 0) is 36.4 Å². The summed E-state index contributed by atoms with van der Waals surface area (Å²) in [6, 6.07) is 7.88. The second kappa shape index (κ2) is 10.7. The highest BCUT2D eigenvalue weighted by Crippen LogP contribution is 2.35. The highest BCUT2D eigenvalue weighted by atomic mass is 19.4. The first-order valence-corrected chi connectivity index (χ1v) is 12.0. The van der Waals surface area contributed by atoms with Gasteiger partial charge in [0.25, 0.3) is 5.91 Å². The molecule has 0 atom stereocenters. The van der Waals surface area contributed by atoms with Crippen LogP contribution in [0.25, 0.3) is 11.0 Å². The average Bonchev–Trinajstić information content (AvgIpc) is 3.31. The van der Waals surface area contributed by atoms with E-state index in [-0.39, 0.29) is 55.1 Å². The van der Waals surface area contributed by atoms with Gasteiger partial charge >= 0.3 is 12.2 Å². The van der Waals surface area contributed by atoms with Crippen molar-refractivity contribution in [1.82, 2.24) is 19.4 Å². The van der Waals surface area contributed by atoms with Crippen LogP contribution < -0.4 is 15.4 Å². The summed E-state index contributed by atoms with van der Waals surface area (Å²) < 4.78 is 54.1. The van der Waals surface area contributed by atoms with Gasteiger partial charge in [-0.25, -0.2) is 9.78 Å². The summed E-state index contributed by atoms with van der Waals surface area (Å²) in [6.07, 6.45) is -1.70. The zero-order valence-corrected chi connectivity index (χ0v) is 21.0. The monoisotopic (exact) mass is 556 g/mol. The third-order valence-electron chi connectivity index (χ3n) is 6.17. The first-order valence-electron chi connectivity index (χ1n) is 12.0. The Bertz CT molecular complexity index is 1580. The Morgan fingerprint density at radius 2 is 1.82 bits per heavy atom. The normalized spacial score (nSPS) is 13.8. The van der Waals surface area contributed by atoms with E-state index in [1.807, 2.05) is 0 Å². The molecule has 1 fully saturated rings. The van der Waals surface area contributed by atoms with E-state index in [1.165, 1.54) is 35.5 Å². The number of phenolic OH excluding ortho intramolecular Hbond substituents is 1. The topological polar surface area (TPSA) is 131 Å². The predicted octanol–water partition coefficient (Wildman–Crippen LogP) is 4.60. The van der Waals surface area contributed by atoms with Crippen molar-refractivity contribution in [1.29, 1.82) is 0 Å². The van der Waals surface area contributed by atoms with Crippen LogP contribution in [0.15, 0.2) is 55.0 Å². The highest BCUT2D eigenvalue weighted by molar-refractivity contribution is 6.02. The summed E-state index contributed by atoms with van der Waals surface area (Å²) in [5, 5.41) is 15.1. The molecule has 0 unspecified atom stereocenters. The van der Waals surface area contributed by atoms with E-state index >= 15 is 0 Å². The van der Waals surface area contributed by atoms with Crippen molar-refractivity contribution >= 4 is 34.3 Å². The van der Waals surface area contributed by atoms with Gasteiger partial charge in [0.2, 0.25) is 5.88 Å². The Hall–Kier alpha value is -4.85. The standard InChI is InChI=1S/C26H23F3N6O5/c1-34-7-6-20-22(34)23(31-14-30-20)40-16-3-5-19(21(36)13-16)33-25(38)32-15-2-4-17(18(12-15)26(27,28)29)24(37)35-8-10-39-11-9-35/h2-7,12-14,36H,8-11H2,1H3,(H2,32,33,38). The number of halogens is 3. The molecule has 14 heteroatoms. The number of fused-ring (bicyclic) bond motifs is 1. The quantitative estimate of drug-likeness (QED) is 0.306. The van der Waals surface area contributed by atoms with Gasteiger partial charge in [0.15, 0.2) is 0 Å². The molecular weight excluding hydrogens is 533 g/mol. The van der Waals surface area contributed by atoms with Gasteiger partial charge in [-0.2, -0.15) is 18.2 Å². The number of alkyl halides is 3. The van der Waals surface area contributed by atoms with E-state index in [2.05, 4.69) is 20.6 Å². The van der Waals surface area contributed by atoms with Crippen LogP contribution in [0.3, 0.4) is 0 Å². The van der Waals surface area contributed by atoms with Crippen LogP contribution in [0.1, 0.15) is 15.9 Å². The lowest BCUT2D eigenvalue weighted by Crippen LogP contribution is -2.41. The number of morpholine rings is 1. The van der Waals surface area contributed by atoms with Crippen LogP contribution in [0.5, 0.6) is 17.4 Å². The average molecular weight is 557 g/mol. The summed E-state index contributed by atoms with van der Waals surface area (Å²) in [7, 11) is 1.80. The lowest BCUT2D eigenvalue weighted by Gasteiger charge is -2.28. The number of phenols is 1. The smallest absolute Gasteiger partial charge is 0.417 e. The van der Waals surface area contributed by atoms with Crippen molar-refractivity contribution in [2.45, 2.75) is 6.18 Å². The third kappa shape index (κ3) is 5.61. The van der Waals surface area contributed by atoms with E-state index < -0.39 is 29.2 Å². The number of benzene rings is 2. The molecular formula is C26H23F3N6O5. The minimum atomic E-state index is -4.84. The van der Waals surface area contributed by atoms with Crippen LogP contribution in [0.2, 0.25) is 0 Å². The first kappa shape index (κ1) is 26.7. The van der Waals surface area contributed by atoms with Gasteiger partial charge in [-0.3, -0.25) is 4.79 Å². The molecule has 0 radical (unpaired) electrons. The number of nitrogens with zero attached hydrogens (tertiary/aromatic N) is 4. The molecule has 1 saturated heterocycles. The van der Waals surface area contributed by atoms with Crippen LogP contribution in [0, 0.1) is 0 Å². The number of carbonyl (C=O) groups is 2. The number of hydrogen-bond acceptors (Lipinski definition) is 7. The minimum Gasteiger partial charge on any atom is -0.506 e. The molecule has 0 saturated carbocycles. The molecule has 2 aromatic heterocycles. The van der Waals surface area contributed by atoms with Gasteiger partial charge in [0.05, 0.1) is 35.5 Å². The number of aromatic hydroxyl groups is 1. The summed E-state index contributed by atoms with van der Waals surface area (Å²) in [5.74, 6) is -0.646. The Balaban J connectivity index is 1.29. The van der Waals surface area contributed by atoms with Crippen molar-refractivity contribution < 1.29 is 37.3 Å². The number of aromatic nitrogens is 3. The Morgan fingerprint density at radius 3 is 2.55 bits per heavy atom. The number of hydrogen-bond donors (Lipinski definition) is 3. The number of carbonyl (C=O) groups excluding carboxylic acids is 2. The van der Waals surface area contributed by atoms with E-state index in [0.717, 1.165) is 6.07 Å². The molecule has 40 heavy (non-hydrogen) atoms. The van der Waals surface area contributed by atoms with Crippen molar-refractivity contribution in [3.05, 3.63) is 66.1 Å². The number of rotatable bonds is 5. The molecule has 0 aliphatic carbocycles. The number of aryl methyl sites for hydroxylation is 1. The zero-order chi connectivity index (χ0) is 28.4. The van der Waals surface area contributed by atoms with Gasteiger partial charge in [-0.1, -0.05) is 0 Å². The maximum absolute atomic E-state index is 13.8. The second-order valence-corrected chi connectivity index (χ2v) is 8.86. The van der Waals surface area contributed by atoms with E-state index in [0.29, 0.717) is 17.1 Å². The third-order valence-corrected chi connectivity index (χ3v) is 6.17. The van der Waals surface area contributed by atoms with Crippen molar-refractivity contribution in [2.24, 2.45) is 7.05 Å². The largest absolute Gasteiger partial charge is 0.506 e. The molecule has 1 aliphatic heterocycles. The first-order chi connectivity index (χ1) is 19.1. The van der Waals surface area contributed by atoms with Crippen molar-refractivity contribution in [3.8, 4) is 17.4 Å². The van der Waals surface area contributed by atoms with E-state index in [9.17, 15) is 27.9 Å². The summed E-state index contributed by atoms with van der Waals surface area (Å²) in [5.41, 5.74) is -0.615. The molecule has 0 bridgehead atoms. The van der Waals surface area contributed by atoms with Crippen LogP contribution >= 0.6 is 0 Å². The zero-order valence-electron chi connectivity index (χ0n) is 21.0. The minimum absolute atomic E-state index is 0.0216. The van der Waals surface area contributed by atoms with Crippen LogP contribution in [0.4, 0.5) is 29.3 Å². The van der Waals surface area contributed by atoms with Gasteiger partial charge in [0.1, 0.15) is 23.3 Å². The number of anilines is 2. The van der Waals surface area contributed by atoms with Gasteiger partial charge in [-0.15, -0.1) is 0 Å². The molecule has 11 nitrogen and oxygen atoms in total. The maximum Gasteiger partial charge on any atom is 0.417 e. The van der Waals surface area contributed by atoms with E-state index in [1.54, 1.807) is 23.9 Å². The molecule has 4 aromatic rings. The molecule has 5 rings (SSSR count). The van der Waals surface area contributed by atoms with E-state index in [4.69, 9.17) is 9.47 Å². The molecule has 3 N–H and O–H groups in total. The molecule has 3 amide bonds. The Morgan fingerprint density at radius 1 is 1.05 bits per heavy atom. The predicted molar refractivity (Wildman–Crippen MR) is 137 cm³/mol. The fourth-order valence-corrected chi connectivity index (χ4v) is 4.22. The van der Waals surface area contributed by atoms with Crippen LogP contribution in [-0.2, 0) is 18.0 Å². The van der Waals surface area contributed by atoms with Crippen LogP contribution in [-0.4, -0.2) is 62.8 Å². The van der Waals surface area contributed by atoms with Gasteiger partial charge in [0, 0.05) is 38.1 Å². The maximum atomic E-state index is 13.8. The summed E-state index contributed by atoms with van der Waals surface area (Å²) in [4.78, 5) is 34.8. The summed E-state index contributed by atoms with van der Waals surface area (Å²) >= 11 is 0. The van der Waals surface area contributed by atoms with Crippen molar-refractivity contribution in [2.75, 3.05) is 36.9 Å². The second-order valence-electron chi connectivity index (χ2n) is 8.86. The summed E-state index contributed by atoms with van der Waals surface area (Å²) in [6.45, 7) is 0.845. The Labute approximate surface area is 225 Å². The number of amides is 3. The molecule has 0 spiro atoms. The number of ether oxygens (including phenoxy) is 2. The number of urea groups is 1. The fraction of sp³-hybridized carbons (Fsp3) is 0.231. The molecule has 208 valence electrons. The molecule has 1 aliphatic rings. The number of nitrogens with one attached hydrogen (secondary N) is 2.